The van der Waals surface area contributed by atoms with Crippen molar-refractivity contribution in [2.45, 2.75) is 45.5 Å². The minimum atomic E-state index is -0.618. The predicted molar refractivity (Wildman–Crippen MR) is 67.8 cm³/mol. The molecule has 0 N–H and O–H groups in total. The number of methoxy groups -OCH3 is 1. The number of rotatable bonds is 8. The van der Waals surface area contributed by atoms with Crippen LogP contribution in [-0.4, -0.2) is 42.3 Å². The number of hydrogen-bond donors (Lipinski definition) is 0. The van der Waals surface area contributed by atoms with Gasteiger partial charge in [-0.05, 0) is 20.3 Å². The molecule has 1 unspecified atom stereocenters. The van der Waals surface area contributed by atoms with Crippen LogP contribution in [0.15, 0.2) is 12.2 Å². The summed E-state index contributed by atoms with van der Waals surface area (Å²) in [6, 6.07) is 0. The lowest BCUT2D eigenvalue weighted by Gasteiger charge is -2.25. The molecule has 0 bridgehead atoms. The fourth-order valence-electron chi connectivity index (χ4n) is 1.33. The third-order valence-electron chi connectivity index (χ3n) is 2.98. The summed E-state index contributed by atoms with van der Waals surface area (Å²) >= 11 is 0. The van der Waals surface area contributed by atoms with Crippen molar-refractivity contribution in [2.24, 2.45) is 0 Å². The summed E-state index contributed by atoms with van der Waals surface area (Å²) < 4.78 is 5.10. The van der Waals surface area contributed by atoms with Crippen molar-refractivity contribution in [1.29, 1.82) is 0 Å². The van der Waals surface area contributed by atoms with Crippen molar-refractivity contribution in [3.05, 3.63) is 12.2 Å². The molecule has 0 aliphatic carbocycles. The van der Waals surface area contributed by atoms with Gasteiger partial charge in [0.05, 0.1) is 5.60 Å². The van der Waals surface area contributed by atoms with E-state index in [2.05, 4.69) is 0 Å². The molecule has 1 aliphatic rings. The Morgan fingerprint density at radius 1 is 1.26 bits per heavy atom. The molecule has 0 aromatic heterocycles. The standard InChI is InChI=1S/C13H21NO5/c1-5-13(2,3)19-18-12(17-4)8-9-14-10(15)6-7-11(14)16/h6-7,12H,5,8-9H2,1-4H3. The molecule has 0 aromatic carbocycles. The predicted octanol–water partition coefficient (Wildman–Crippen LogP) is 1.41. The molecule has 2 amide bonds. The van der Waals surface area contributed by atoms with Gasteiger partial charge < -0.3 is 4.74 Å². The number of imide groups is 1. The Morgan fingerprint density at radius 2 is 1.84 bits per heavy atom. The molecular formula is C13H21NO5. The highest BCUT2D eigenvalue weighted by Gasteiger charge is 2.25. The molecule has 0 radical (unpaired) electrons. The Labute approximate surface area is 113 Å². The first-order valence-electron chi connectivity index (χ1n) is 6.30. The maximum Gasteiger partial charge on any atom is 0.253 e. The molecule has 0 saturated carbocycles. The summed E-state index contributed by atoms with van der Waals surface area (Å²) in [6.45, 7) is 6.02. The lowest BCUT2D eigenvalue weighted by atomic mass is 10.1. The Kier molecular flexibility index (Phi) is 5.65. The molecule has 1 rings (SSSR count). The fourth-order valence-corrected chi connectivity index (χ4v) is 1.33. The van der Waals surface area contributed by atoms with Gasteiger partial charge in [0.2, 0.25) is 0 Å². The first-order chi connectivity index (χ1) is 8.89. The van der Waals surface area contributed by atoms with E-state index in [0.717, 1.165) is 11.3 Å². The van der Waals surface area contributed by atoms with Crippen LogP contribution in [0, 0.1) is 0 Å². The van der Waals surface area contributed by atoms with Crippen LogP contribution in [0.1, 0.15) is 33.6 Å². The lowest BCUT2D eigenvalue weighted by Crippen LogP contribution is -2.34. The fraction of sp³-hybridized carbons (Fsp3) is 0.692. The van der Waals surface area contributed by atoms with Crippen LogP contribution in [0.2, 0.25) is 0 Å². The highest BCUT2D eigenvalue weighted by atomic mass is 17.2. The number of hydrogen-bond acceptors (Lipinski definition) is 5. The topological polar surface area (TPSA) is 65.1 Å². The van der Waals surface area contributed by atoms with Crippen molar-refractivity contribution in [1.82, 2.24) is 4.90 Å². The van der Waals surface area contributed by atoms with E-state index in [4.69, 9.17) is 14.5 Å². The minimum Gasteiger partial charge on any atom is -0.353 e. The Morgan fingerprint density at radius 3 is 2.32 bits per heavy atom. The Hall–Kier alpha value is -1.24. The molecule has 19 heavy (non-hydrogen) atoms. The number of carbonyl (C=O) groups excluding carboxylic acids is 2. The van der Waals surface area contributed by atoms with Crippen LogP contribution in [0.4, 0.5) is 0 Å². The maximum absolute atomic E-state index is 11.4. The number of amides is 2. The summed E-state index contributed by atoms with van der Waals surface area (Å²) in [5, 5.41) is 0. The number of nitrogens with zero attached hydrogens (tertiary/aromatic N) is 1. The van der Waals surface area contributed by atoms with Gasteiger partial charge in [0, 0.05) is 32.2 Å². The van der Waals surface area contributed by atoms with E-state index < -0.39 is 11.9 Å². The van der Waals surface area contributed by atoms with E-state index in [1.165, 1.54) is 19.3 Å². The number of ether oxygens (including phenoxy) is 1. The van der Waals surface area contributed by atoms with E-state index in [0.29, 0.717) is 6.42 Å². The highest BCUT2D eigenvalue weighted by Crippen LogP contribution is 2.16. The monoisotopic (exact) mass is 271 g/mol. The van der Waals surface area contributed by atoms with E-state index in [1.54, 1.807) is 0 Å². The van der Waals surface area contributed by atoms with Crippen molar-refractivity contribution in [2.75, 3.05) is 13.7 Å². The summed E-state index contributed by atoms with van der Waals surface area (Å²) in [4.78, 5) is 34.3. The van der Waals surface area contributed by atoms with Crippen LogP contribution >= 0.6 is 0 Å². The Balaban J connectivity index is 2.37. The van der Waals surface area contributed by atoms with Crippen molar-refractivity contribution in [3.63, 3.8) is 0 Å². The smallest absolute Gasteiger partial charge is 0.253 e. The molecule has 1 atom stereocenters. The van der Waals surface area contributed by atoms with Crippen molar-refractivity contribution >= 4 is 11.8 Å². The molecule has 108 valence electrons. The quantitative estimate of drug-likeness (QED) is 0.289. The molecule has 0 saturated heterocycles. The molecule has 6 nitrogen and oxygen atoms in total. The van der Waals surface area contributed by atoms with E-state index in [-0.39, 0.29) is 18.4 Å². The molecule has 6 heteroatoms. The van der Waals surface area contributed by atoms with Gasteiger partial charge in [0.1, 0.15) is 0 Å². The van der Waals surface area contributed by atoms with Gasteiger partial charge in [-0.1, -0.05) is 6.92 Å². The number of carbonyl (C=O) groups is 2. The first-order valence-corrected chi connectivity index (χ1v) is 6.30. The van der Waals surface area contributed by atoms with Gasteiger partial charge in [-0.3, -0.25) is 14.5 Å². The molecule has 0 aromatic rings. The molecule has 1 aliphatic heterocycles. The van der Waals surface area contributed by atoms with Crippen LogP contribution in [0.3, 0.4) is 0 Å². The van der Waals surface area contributed by atoms with Crippen LogP contribution in [-0.2, 0) is 24.1 Å². The van der Waals surface area contributed by atoms with Gasteiger partial charge >= 0.3 is 0 Å². The first kappa shape index (κ1) is 15.8. The van der Waals surface area contributed by atoms with Crippen LogP contribution in [0.5, 0.6) is 0 Å². The highest BCUT2D eigenvalue weighted by molar-refractivity contribution is 6.12. The zero-order valence-electron chi connectivity index (χ0n) is 11.8. The minimum absolute atomic E-state index is 0.235. The molecular weight excluding hydrogens is 250 g/mol. The van der Waals surface area contributed by atoms with Gasteiger partial charge in [-0.15, -0.1) is 0 Å². The summed E-state index contributed by atoms with van der Waals surface area (Å²) in [6.07, 6.45) is 3.03. The van der Waals surface area contributed by atoms with Crippen molar-refractivity contribution in [3.8, 4) is 0 Å². The third kappa shape index (κ3) is 4.74. The van der Waals surface area contributed by atoms with Crippen LogP contribution in [0.25, 0.3) is 0 Å². The van der Waals surface area contributed by atoms with Crippen molar-refractivity contribution < 1.29 is 24.1 Å². The average molecular weight is 271 g/mol. The van der Waals surface area contributed by atoms with Gasteiger partial charge in [0.15, 0.2) is 6.29 Å². The molecule has 0 spiro atoms. The Bertz CT molecular complexity index is 346. The van der Waals surface area contributed by atoms with E-state index in [1.807, 2.05) is 20.8 Å². The summed E-state index contributed by atoms with van der Waals surface area (Å²) in [5.41, 5.74) is -0.405. The SMILES string of the molecule is CCC(C)(C)OOC(CCN1C(=O)C=CC1=O)OC. The van der Waals surface area contributed by atoms with E-state index >= 15 is 0 Å². The average Bonchev–Trinajstić information content (AvgIpc) is 2.70. The summed E-state index contributed by atoms with van der Waals surface area (Å²) in [7, 11) is 1.48. The second-order valence-electron chi connectivity index (χ2n) is 4.91. The molecule has 1 heterocycles. The maximum atomic E-state index is 11.4. The molecule has 0 fully saturated rings. The zero-order chi connectivity index (χ0) is 14.5. The largest absolute Gasteiger partial charge is 0.353 e. The van der Waals surface area contributed by atoms with Gasteiger partial charge in [0.25, 0.3) is 11.8 Å². The van der Waals surface area contributed by atoms with Gasteiger partial charge in [-0.2, -0.15) is 0 Å². The van der Waals surface area contributed by atoms with E-state index in [9.17, 15) is 9.59 Å². The lowest BCUT2D eigenvalue weighted by molar-refractivity contribution is -0.417. The second-order valence-corrected chi connectivity index (χ2v) is 4.91. The van der Waals surface area contributed by atoms with Gasteiger partial charge in [-0.25, -0.2) is 9.78 Å². The van der Waals surface area contributed by atoms with Crippen LogP contribution < -0.4 is 0 Å². The third-order valence-corrected chi connectivity index (χ3v) is 2.98. The normalized spacial score (nSPS) is 17.4. The second kappa shape index (κ2) is 6.79. The summed E-state index contributed by atoms with van der Waals surface area (Å²) in [5.74, 6) is -0.621. The zero-order valence-corrected chi connectivity index (χ0v) is 11.8.